The van der Waals surface area contributed by atoms with Crippen LogP contribution in [0.4, 0.5) is 13.2 Å². The summed E-state index contributed by atoms with van der Waals surface area (Å²) in [5.74, 6) is 1.85. The third-order valence-electron chi connectivity index (χ3n) is 7.23. The lowest BCUT2D eigenvalue weighted by molar-refractivity contribution is -0.140. The number of likely N-dealkylation sites (tertiary alicyclic amines) is 1. The number of fused-ring (bicyclic) bond motifs is 1. The van der Waals surface area contributed by atoms with Gasteiger partial charge in [0, 0.05) is 17.6 Å². The fourth-order valence-electron chi connectivity index (χ4n) is 5.14. The number of pyridine rings is 1. The standard InChI is InChI=1S/C29H28ClF3N2O3/c1-38-21-6-7-26-23(16-21)22(24(30)18-34-26)5-2-8-29(17-27(36)37)9-12-35(13-10-29)11-3-4-19-14-20(31)15-25(32)28(19)33/h6-7,14-16,18H,2,5,8-13,17H2,1H3,(H,36,37). The lowest BCUT2D eigenvalue weighted by Crippen LogP contribution is -2.41. The third-order valence-corrected chi connectivity index (χ3v) is 7.56. The molecule has 0 radical (unpaired) electrons. The Morgan fingerprint density at radius 3 is 2.68 bits per heavy atom. The van der Waals surface area contributed by atoms with Crippen LogP contribution in [0.1, 0.15) is 43.2 Å². The van der Waals surface area contributed by atoms with E-state index in [1.807, 2.05) is 23.1 Å². The van der Waals surface area contributed by atoms with Gasteiger partial charge in [-0.25, -0.2) is 13.2 Å². The highest BCUT2D eigenvalue weighted by atomic mass is 35.5. The molecule has 3 aromatic rings. The zero-order chi connectivity index (χ0) is 27.3. The Bertz CT molecular complexity index is 1400. The number of rotatable bonds is 8. The summed E-state index contributed by atoms with van der Waals surface area (Å²) >= 11 is 6.50. The van der Waals surface area contributed by atoms with Crippen LogP contribution < -0.4 is 4.74 Å². The molecule has 1 fully saturated rings. The summed E-state index contributed by atoms with van der Waals surface area (Å²) < 4.78 is 46.0. The number of halogens is 4. The third kappa shape index (κ3) is 6.58. The molecule has 2 aromatic carbocycles. The van der Waals surface area contributed by atoms with E-state index in [2.05, 4.69) is 16.8 Å². The summed E-state index contributed by atoms with van der Waals surface area (Å²) in [5, 5.41) is 11.1. The molecule has 5 nitrogen and oxygen atoms in total. The van der Waals surface area contributed by atoms with Gasteiger partial charge in [0.1, 0.15) is 11.6 Å². The zero-order valence-corrected chi connectivity index (χ0v) is 21.8. The molecule has 0 aliphatic carbocycles. The molecule has 1 aromatic heterocycles. The van der Waals surface area contributed by atoms with Crippen LogP contribution in [-0.2, 0) is 11.2 Å². The number of hydrogen-bond acceptors (Lipinski definition) is 4. The van der Waals surface area contributed by atoms with Gasteiger partial charge < -0.3 is 9.84 Å². The molecule has 0 bridgehead atoms. The molecule has 1 aliphatic rings. The second-order valence-corrected chi connectivity index (χ2v) is 10.1. The quantitative estimate of drug-likeness (QED) is 0.268. The van der Waals surface area contributed by atoms with Crippen molar-refractivity contribution < 1.29 is 27.8 Å². The van der Waals surface area contributed by atoms with Crippen molar-refractivity contribution >= 4 is 28.5 Å². The molecule has 4 rings (SSSR count). The minimum atomic E-state index is -1.27. The molecule has 9 heteroatoms. The van der Waals surface area contributed by atoms with Crippen molar-refractivity contribution in [2.24, 2.45) is 5.41 Å². The number of aryl methyl sites for hydroxylation is 1. The molecular formula is C29H28ClF3N2O3. The van der Waals surface area contributed by atoms with Crippen LogP contribution in [0.3, 0.4) is 0 Å². The minimum Gasteiger partial charge on any atom is -0.497 e. The van der Waals surface area contributed by atoms with Crippen LogP contribution in [0.25, 0.3) is 10.9 Å². The van der Waals surface area contributed by atoms with Crippen molar-refractivity contribution in [1.82, 2.24) is 9.88 Å². The number of nitrogens with zero attached hydrogens (tertiary/aromatic N) is 2. The molecule has 0 spiro atoms. The van der Waals surface area contributed by atoms with E-state index in [0.717, 1.165) is 35.4 Å². The van der Waals surface area contributed by atoms with Crippen LogP contribution in [0.15, 0.2) is 36.5 Å². The largest absolute Gasteiger partial charge is 0.497 e. The maximum Gasteiger partial charge on any atom is 0.303 e. The molecule has 2 heterocycles. The first kappa shape index (κ1) is 27.7. The average molecular weight is 545 g/mol. The van der Waals surface area contributed by atoms with Crippen LogP contribution in [0, 0.1) is 34.7 Å². The highest BCUT2D eigenvalue weighted by Crippen LogP contribution is 2.40. The number of carboxylic acid groups (broad SMARTS) is 1. The number of carbonyl (C=O) groups is 1. The Morgan fingerprint density at radius 2 is 1.97 bits per heavy atom. The molecule has 0 saturated carbocycles. The molecule has 38 heavy (non-hydrogen) atoms. The van der Waals surface area contributed by atoms with Crippen LogP contribution in [0.5, 0.6) is 5.75 Å². The molecule has 0 amide bonds. The van der Waals surface area contributed by atoms with Crippen molar-refractivity contribution in [3.63, 3.8) is 0 Å². The van der Waals surface area contributed by atoms with Crippen molar-refractivity contribution in [3.05, 3.63) is 70.1 Å². The Labute approximate surface area is 224 Å². The lowest BCUT2D eigenvalue weighted by Gasteiger charge is -2.40. The number of ether oxygens (including phenoxy) is 1. The minimum absolute atomic E-state index is 0.0684. The van der Waals surface area contributed by atoms with Gasteiger partial charge in [-0.1, -0.05) is 23.4 Å². The summed E-state index contributed by atoms with van der Waals surface area (Å²) in [6.45, 7) is 1.54. The van der Waals surface area contributed by atoms with E-state index < -0.39 is 23.4 Å². The number of methoxy groups -OCH3 is 1. The van der Waals surface area contributed by atoms with E-state index in [9.17, 15) is 23.1 Å². The topological polar surface area (TPSA) is 62.7 Å². The van der Waals surface area contributed by atoms with Gasteiger partial charge in [-0.3, -0.25) is 14.7 Å². The molecular weight excluding hydrogens is 517 g/mol. The zero-order valence-electron chi connectivity index (χ0n) is 21.0. The maximum atomic E-state index is 13.8. The van der Waals surface area contributed by atoms with Crippen LogP contribution in [-0.4, -0.2) is 47.7 Å². The lowest BCUT2D eigenvalue weighted by atomic mass is 9.72. The summed E-state index contributed by atoms with van der Waals surface area (Å²) in [6, 6.07) is 7.00. The number of carboxylic acids is 1. The first-order valence-corrected chi connectivity index (χ1v) is 12.8. The molecule has 1 aliphatic heterocycles. The average Bonchev–Trinajstić information content (AvgIpc) is 2.88. The number of aromatic nitrogens is 1. The van der Waals surface area contributed by atoms with Crippen molar-refractivity contribution in [2.75, 3.05) is 26.7 Å². The van der Waals surface area contributed by atoms with E-state index in [4.69, 9.17) is 16.3 Å². The van der Waals surface area contributed by atoms with E-state index in [0.29, 0.717) is 55.7 Å². The maximum absolute atomic E-state index is 13.8. The first-order valence-electron chi connectivity index (χ1n) is 12.4. The van der Waals surface area contributed by atoms with Gasteiger partial charge >= 0.3 is 5.97 Å². The van der Waals surface area contributed by atoms with Gasteiger partial charge in [0.2, 0.25) is 0 Å². The van der Waals surface area contributed by atoms with Gasteiger partial charge in [-0.2, -0.15) is 0 Å². The highest BCUT2D eigenvalue weighted by molar-refractivity contribution is 6.32. The normalized spacial score (nSPS) is 15.2. The van der Waals surface area contributed by atoms with Gasteiger partial charge in [0.15, 0.2) is 11.6 Å². The monoisotopic (exact) mass is 544 g/mol. The molecule has 200 valence electrons. The van der Waals surface area contributed by atoms with Gasteiger partial charge in [-0.15, -0.1) is 0 Å². The second-order valence-electron chi connectivity index (χ2n) is 9.72. The van der Waals surface area contributed by atoms with Crippen LogP contribution in [0.2, 0.25) is 5.02 Å². The molecule has 0 unspecified atom stereocenters. The van der Waals surface area contributed by atoms with Gasteiger partial charge in [0.25, 0.3) is 0 Å². The fourth-order valence-corrected chi connectivity index (χ4v) is 5.38. The summed E-state index contributed by atoms with van der Waals surface area (Å²) in [7, 11) is 1.60. The Morgan fingerprint density at radius 1 is 1.21 bits per heavy atom. The number of hydrogen-bond donors (Lipinski definition) is 1. The SMILES string of the molecule is COc1ccc2ncc(Cl)c(CCCC3(CC(=O)O)CCN(CC#Cc4cc(F)cc(F)c4F)CC3)c2c1. The van der Waals surface area contributed by atoms with Gasteiger partial charge in [-0.05, 0) is 80.4 Å². The number of benzene rings is 2. The summed E-state index contributed by atoms with van der Waals surface area (Å²) in [6.07, 6.45) is 5.20. The highest BCUT2D eigenvalue weighted by Gasteiger charge is 2.36. The van der Waals surface area contributed by atoms with Gasteiger partial charge in [0.05, 0.1) is 36.2 Å². The predicted molar refractivity (Wildman–Crippen MR) is 140 cm³/mol. The van der Waals surface area contributed by atoms with Crippen LogP contribution >= 0.6 is 11.6 Å². The Hall–Kier alpha value is -3.28. The van der Waals surface area contributed by atoms with Crippen molar-refractivity contribution in [1.29, 1.82) is 0 Å². The molecule has 1 N–H and O–H groups in total. The molecule has 0 atom stereocenters. The van der Waals surface area contributed by atoms with Crippen molar-refractivity contribution in [2.45, 2.75) is 38.5 Å². The van der Waals surface area contributed by atoms with E-state index in [-0.39, 0.29) is 17.4 Å². The second kappa shape index (κ2) is 12.1. The Kier molecular flexibility index (Phi) is 8.80. The predicted octanol–water partition coefficient (Wildman–Crippen LogP) is 6.25. The van der Waals surface area contributed by atoms with E-state index in [1.165, 1.54) is 0 Å². The smallest absolute Gasteiger partial charge is 0.303 e. The molecule has 1 saturated heterocycles. The van der Waals surface area contributed by atoms with E-state index >= 15 is 0 Å². The first-order chi connectivity index (χ1) is 18.2. The summed E-state index contributed by atoms with van der Waals surface area (Å²) in [4.78, 5) is 18.2. The fraction of sp³-hybridized carbons (Fsp3) is 0.379. The number of piperidine rings is 1. The summed E-state index contributed by atoms with van der Waals surface area (Å²) in [5.41, 5.74) is 1.11. The van der Waals surface area contributed by atoms with Crippen molar-refractivity contribution in [3.8, 4) is 17.6 Å². The Balaban J connectivity index is 1.40. The van der Waals surface area contributed by atoms with E-state index in [1.54, 1.807) is 13.3 Å². The number of aliphatic carboxylic acids is 1.